The third-order valence-corrected chi connectivity index (χ3v) is 4.18. The van der Waals surface area contributed by atoms with Crippen molar-refractivity contribution in [2.24, 2.45) is 11.8 Å². The van der Waals surface area contributed by atoms with Crippen LogP contribution in [0.5, 0.6) is 0 Å². The van der Waals surface area contributed by atoms with Crippen molar-refractivity contribution in [2.45, 2.75) is 32.1 Å². The number of carbonyl (C=O) groups excluding carboxylic acids is 1. The number of ketones is 1. The summed E-state index contributed by atoms with van der Waals surface area (Å²) in [5.41, 5.74) is 2.94. The number of hydrogen-bond donors (Lipinski definition) is 0. The lowest BCUT2D eigenvalue weighted by Crippen LogP contribution is -2.47. The molecule has 0 heterocycles. The first-order valence-corrected chi connectivity index (χ1v) is 5.94. The van der Waals surface area contributed by atoms with Gasteiger partial charge in [-0.15, -0.1) is 0 Å². The van der Waals surface area contributed by atoms with Gasteiger partial charge in [-0.3, -0.25) is 4.79 Å². The summed E-state index contributed by atoms with van der Waals surface area (Å²) in [6, 6.07) is 8.67. The van der Waals surface area contributed by atoms with Crippen LogP contribution in [0.2, 0.25) is 0 Å². The van der Waals surface area contributed by atoms with Crippen molar-refractivity contribution in [3.8, 4) is 0 Å². The van der Waals surface area contributed by atoms with E-state index in [0.717, 1.165) is 19.3 Å². The highest BCUT2D eigenvalue weighted by Crippen LogP contribution is 2.52. The quantitative estimate of drug-likeness (QED) is 0.681. The number of hydrogen-bond acceptors (Lipinski definition) is 1. The Morgan fingerprint density at radius 2 is 2.13 bits per heavy atom. The minimum Gasteiger partial charge on any atom is -0.299 e. The highest BCUT2D eigenvalue weighted by atomic mass is 16.1. The predicted octanol–water partition coefficient (Wildman–Crippen LogP) is 2.94. The maximum absolute atomic E-state index is 11.8. The van der Waals surface area contributed by atoms with E-state index in [-0.39, 0.29) is 0 Å². The summed E-state index contributed by atoms with van der Waals surface area (Å²) in [6.45, 7) is 2.13. The van der Waals surface area contributed by atoms with Crippen LogP contribution >= 0.6 is 0 Å². The Morgan fingerprint density at radius 3 is 2.93 bits per heavy atom. The summed E-state index contributed by atoms with van der Waals surface area (Å²) in [7, 11) is 0. The van der Waals surface area contributed by atoms with Gasteiger partial charge in [-0.05, 0) is 30.4 Å². The Bertz CT molecular complexity index is 408. The van der Waals surface area contributed by atoms with Crippen LogP contribution in [-0.2, 0) is 11.2 Å². The van der Waals surface area contributed by atoms with Crippen LogP contribution in [0.15, 0.2) is 24.3 Å². The molecular weight excluding hydrogens is 184 g/mol. The number of rotatable bonds is 1. The summed E-state index contributed by atoms with van der Waals surface area (Å²) in [4.78, 5) is 11.8. The second-order valence-corrected chi connectivity index (χ2v) is 4.79. The van der Waals surface area contributed by atoms with Gasteiger partial charge in [0.05, 0.1) is 0 Å². The van der Waals surface area contributed by atoms with E-state index in [9.17, 15) is 4.79 Å². The van der Waals surface area contributed by atoms with Crippen LogP contribution in [0.4, 0.5) is 0 Å². The van der Waals surface area contributed by atoms with Gasteiger partial charge in [0.2, 0.25) is 0 Å². The first-order valence-electron chi connectivity index (χ1n) is 5.94. The fourth-order valence-corrected chi connectivity index (χ4v) is 3.40. The number of carbonyl (C=O) groups is 1. The van der Waals surface area contributed by atoms with Crippen molar-refractivity contribution < 1.29 is 4.79 Å². The average Bonchev–Trinajstić information content (AvgIpc) is 2.28. The van der Waals surface area contributed by atoms with Crippen molar-refractivity contribution in [1.29, 1.82) is 0 Å². The van der Waals surface area contributed by atoms with Crippen LogP contribution in [-0.4, -0.2) is 5.78 Å². The van der Waals surface area contributed by atoms with Crippen LogP contribution in [0.3, 0.4) is 0 Å². The van der Waals surface area contributed by atoms with E-state index in [1.54, 1.807) is 0 Å². The molecule has 1 aromatic rings. The molecule has 0 amide bonds. The average molecular weight is 200 g/mol. The maximum Gasteiger partial charge on any atom is 0.140 e. The minimum atomic E-state index is 0.316. The Hall–Kier alpha value is -1.11. The summed E-state index contributed by atoms with van der Waals surface area (Å²) >= 11 is 0. The van der Waals surface area contributed by atoms with Gasteiger partial charge in [-0.2, -0.15) is 0 Å². The minimum absolute atomic E-state index is 0.316. The summed E-state index contributed by atoms with van der Waals surface area (Å²) < 4.78 is 0. The van der Waals surface area contributed by atoms with E-state index in [0.29, 0.717) is 23.5 Å². The molecule has 1 fully saturated rings. The summed E-state index contributed by atoms with van der Waals surface area (Å²) in [5, 5.41) is 0. The smallest absolute Gasteiger partial charge is 0.140 e. The van der Waals surface area contributed by atoms with Crippen molar-refractivity contribution in [3.05, 3.63) is 35.4 Å². The molecule has 2 aliphatic rings. The van der Waals surface area contributed by atoms with Crippen LogP contribution in [0, 0.1) is 11.8 Å². The molecule has 0 N–H and O–H groups in total. The molecule has 15 heavy (non-hydrogen) atoms. The molecule has 78 valence electrons. The number of benzene rings is 1. The zero-order valence-corrected chi connectivity index (χ0v) is 9.07. The molecule has 1 heteroatoms. The lowest BCUT2D eigenvalue weighted by Gasteiger charge is -2.46. The largest absolute Gasteiger partial charge is 0.299 e. The van der Waals surface area contributed by atoms with Gasteiger partial charge >= 0.3 is 0 Å². The van der Waals surface area contributed by atoms with Gasteiger partial charge in [0.25, 0.3) is 0 Å². The molecule has 0 bridgehead atoms. The molecule has 1 nitrogen and oxygen atoms in total. The molecule has 0 aromatic heterocycles. The normalized spacial score (nSPS) is 32.9. The van der Waals surface area contributed by atoms with Gasteiger partial charge in [0.1, 0.15) is 5.78 Å². The van der Waals surface area contributed by atoms with Crippen LogP contribution < -0.4 is 0 Å². The molecular formula is C14H16O. The third-order valence-electron chi connectivity index (χ3n) is 4.18. The summed E-state index contributed by atoms with van der Waals surface area (Å²) in [5.74, 6) is 1.74. The Balaban J connectivity index is 2.02. The number of Topliss-reactive ketones (excluding diaryl/α,β-unsaturated/α-hetero) is 1. The van der Waals surface area contributed by atoms with Gasteiger partial charge < -0.3 is 0 Å². The van der Waals surface area contributed by atoms with E-state index in [1.807, 2.05) is 0 Å². The Labute approximate surface area is 90.5 Å². The Kier molecular flexibility index (Phi) is 1.95. The zero-order chi connectivity index (χ0) is 10.4. The molecule has 3 atom stereocenters. The summed E-state index contributed by atoms with van der Waals surface area (Å²) in [6.07, 6.45) is 3.19. The molecule has 3 unspecified atom stereocenters. The van der Waals surface area contributed by atoms with Crippen molar-refractivity contribution in [3.63, 3.8) is 0 Å². The SMILES string of the molecule is CCC1C(=O)C2CCc3ccccc3C12. The molecule has 0 spiro atoms. The van der Waals surface area contributed by atoms with Crippen LogP contribution in [0.25, 0.3) is 0 Å². The van der Waals surface area contributed by atoms with Gasteiger partial charge in [-0.25, -0.2) is 0 Å². The molecule has 0 aliphatic heterocycles. The second kappa shape index (κ2) is 3.19. The molecule has 0 radical (unpaired) electrons. The fourth-order valence-electron chi connectivity index (χ4n) is 3.40. The first kappa shape index (κ1) is 9.14. The van der Waals surface area contributed by atoms with Crippen LogP contribution in [0.1, 0.15) is 36.8 Å². The number of fused-ring (bicyclic) bond motifs is 3. The lowest BCUT2D eigenvalue weighted by atomic mass is 9.55. The van der Waals surface area contributed by atoms with Crippen molar-refractivity contribution >= 4 is 5.78 Å². The lowest BCUT2D eigenvalue weighted by molar-refractivity contribution is -0.139. The molecule has 1 aromatic carbocycles. The van der Waals surface area contributed by atoms with E-state index in [2.05, 4.69) is 31.2 Å². The molecule has 0 saturated heterocycles. The second-order valence-electron chi connectivity index (χ2n) is 4.79. The maximum atomic E-state index is 11.8. The van der Waals surface area contributed by atoms with E-state index in [1.165, 1.54) is 11.1 Å². The standard InChI is InChI=1S/C14H16O/c1-2-10-13-11-6-4-3-5-9(11)7-8-12(13)14(10)15/h3-6,10,12-13H,2,7-8H2,1H3. The molecule has 2 aliphatic carbocycles. The van der Waals surface area contributed by atoms with Gasteiger partial charge in [0, 0.05) is 17.8 Å². The number of aryl methyl sites for hydroxylation is 1. The predicted molar refractivity (Wildman–Crippen MR) is 59.8 cm³/mol. The van der Waals surface area contributed by atoms with Crippen molar-refractivity contribution in [2.75, 3.05) is 0 Å². The van der Waals surface area contributed by atoms with Crippen molar-refractivity contribution in [1.82, 2.24) is 0 Å². The van der Waals surface area contributed by atoms with Gasteiger partial charge in [0.15, 0.2) is 0 Å². The van der Waals surface area contributed by atoms with E-state index < -0.39 is 0 Å². The topological polar surface area (TPSA) is 17.1 Å². The van der Waals surface area contributed by atoms with Gasteiger partial charge in [-0.1, -0.05) is 31.2 Å². The highest BCUT2D eigenvalue weighted by molar-refractivity contribution is 5.92. The monoisotopic (exact) mass is 200 g/mol. The first-order chi connectivity index (χ1) is 7.33. The Morgan fingerprint density at radius 1 is 1.33 bits per heavy atom. The molecule has 3 rings (SSSR count). The van der Waals surface area contributed by atoms with E-state index >= 15 is 0 Å². The zero-order valence-electron chi connectivity index (χ0n) is 9.07. The molecule has 1 saturated carbocycles. The third kappa shape index (κ3) is 1.12. The fraction of sp³-hybridized carbons (Fsp3) is 0.500. The highest BCUT2D eigenvalue weighted by Gasteiger charge is 2.50. The van der Waals surface area contributed by atoms with E-state index in [4.69, 9.17) is 0 Å².